The second-order valence-corrected chi connectivity index (χ2v) is 11.6. The predicted molar refractivity (Wildman–Crippen MR) is 85.0 cm³/mol. The van der Waals surface area contributed by atoms with E-state index in [4.69, 9.17) is 4.43 Å². The monoisotopic (exact) mass is 354 g/mol. The van der Waals surface area contributed by atoms with Crippen molar-refractivity contribution in [2.24, 2.45) is 0 Å². The summed E-state index contributed by atoms with van der Waals surface area (Å²) in [4.78, 5) is 0. The van der Waals surface area contributed by atoms with Gasteiger partial charge in [0, 0.05) is 4.43 Å². The molecule has 0 amide bonds. The summed E-state index contributed by atoms with van der Waals surface area (Å²) in [6, 6.07) is 0. The Kier molecular flexibility index (Phi) is 7.45. The first-order valence-electron chi connectivity index (χ1n) is 6.15. The van der Waals surface area contributed by atoms with Crippen molar-refractivity contribution < 1.29 is 4.43 Å². The van der Waals surface area contributed by atoms with Gasteiger partial charge in [-0.3, -0.25) is 0 Å². The smallest absolute Gasteiger partial charge is 0.192 e. The fourth-order valence-electron chi connectivity index (χ4n) is 1.12. The number of alkyl halides is 1. The van der Waals surface area contributed by atoms with Gasteiger partial charge in [-0.25, -0.2) is 0 Å². The molecule has 0 fully saturated rings. The first-order valence-corrected chi connectivity index (χ1v) is 10.6. The lowest BCUT2D eigenvalue weighted by atomic mass is 10.2. The zero-order valence-electron chi connectivity index (χ0n) is 11.6. The van der Waals surface area contributed by atoms with Gasteiger partial charge >= 0.3 is 0 Å². The Hall–Kier alpha value is 0.647. The molecule has 16 heavy (non-hydrogen) atoms. The van der Waals surface area contributed by atoms with Gasteiger partial charge in [-0.15, -0.1) is 0 Å². The molecule has 0 spiro atoms. The molecule has 0 N–H and O–H groups in total. The molecule has 1 nitrogen and oxygen atoms in total. The van der Waals surface area contributed by atoms with E-state index >= 15 is 0 Å². The number of hydrogen-bond acceptors (Lipinski definition) is 1. The standard InChI is InChI=1S/C13H27IOSi/c1-7-12(10-8-9-11-14)15-16(5,6)13(2,3)4/h8,10,12H,7,9,11H2,1-6H3/b10-8-/t12-/m0/s1. The van der Waals surface area contributed by atoms with Crippen LogP contribution < -0.4 is 0 Å². The molecule has 0 aliphatic heterocycles. The van der Waals surface area contributed by atoms with Crippen LogP contribution in [-0.2, 0) is 4.43 Å². The number of hydrogen-bond donors (Lipinski definition) is 0. The number of rotatable bonds is 6. The van der Waals surface area contributed by atoms with Gasteiger partial charge in [0.25, 0.3) is 0 Å². The van der Waals surface area contributed by atoms with E-state index in [0.29, 0.717) is 11.1 Å². The Balaban J connectivity index is 4.42. The molecule has 0 aromatic heterocycles. The molecule has 0 radical (unpaired) electrons. The summed E-state index contributed by atoms with van der Waals surface area (Å²) in [5.74, 6) is 0. The average Bonchev–Trinajstić information content (AvgIpc) is 2.14. The maximum absolute atomic E-state index is 6.35. The van der Waals surface area contributed by atoms with Gasteiger partial charge in [-0.05, 0) is 31.0 Å². The molecule has 96 valence electrons. The van der Waals surface area contributed by atoms with E-state index in [-0.39, 0.29) is 0 Å². The maximum Gasteiger partial charge on any atom is 0.192 e. The molecule has 1 atom stereocenters. The Morgan fingerprint density at radius 3 is 2.25 bits per heavy atom. The number of halogens is 1. The van der Waals surface area contributed by atoms with Crippen molar-refractivity contribution >= 4 is 30.9 Å². The predicted octanol–water partition coefficient (Wildman–Crippen LogP) is 5.17. The van der Waals surface area contributed by atoms with Gasteiger partial charge in [-0.2, -0.15) is 0 Å². The molecule has 0 aliphatic rings. The first-order chi connectivity index (χ1) is 7.24. The van der Waals surface area contributed by atoms with E-state index in [9.17, 15) is 0 Å². The summed E-state index contributed by atoms with van der Waals surface area (Å²) in [5, 5.41) is 0.303. The molecule has 3 heteroatoms. The van der Waals surface area contributed by atoms with Crippen molar-refractivity contribution in [3.05, 3.63) is 12.2 Å². The van der Waals surface area contributed by atoms with Gasteiger partial charge in [0.2, 0.25) is 0 Å². The molecule has 0 aromatic rings. The highest BCUT2D eigenvalue weighted by Crippen LogP contribution is 2.37. The summed E-state index contributed by atoms with van der Waals surface area (Å²) in [6.07, 6.45) is 7.04. The van der Waals surface area contributed by atoms with Crippen LogP contribution in [0.15, 0.2) is 12.2 Å². The quantitative estimate of drug-likeness (QED) is 0.277. The normalized spacial score (nSPS) is 15.7. The van der Waals surface area contributed by atoms with Crippen LogP contribution in [0.3, 0.4) is 0 Å². The molecule has 0 aromatic carbocycles. The van der Waals surface area contributed by atoms with Crippen LogP contribution in [0.2, 0.25) is 18.1 Å². The van der Waals surface area contributed by atoms with Gasteiger partial charge in [0.1, 0.15) is 0 Å². The molecule has 0 unspecified atom stereocenters. The van der Waals surface area contributed by atoms with Gasteiger partial charge in [-0.1, -0.05) is 62.4 Å². The van der Waals surface area contributed by atoms with Crippen LogP contribution in [0.5, 0.6) is 0 Å². The first kappa shape index (κ1) is 16.6. The minimum absolute atomic E-state index is 0.303. The van der Waals surface area contributed by atoms with E-state index in [1.165, 1.54) is 4.43 Å². The maximum atomic E-state index is 6.35. The minimum Gasteiger partial charge on any atom is -0.411 e. The molecule has 0 rings (SSSR count). The van der Waals surface area contributed by atoms with Crippen LogP contribution in [0.1, 0.15) is 40.5 Å². The summed E-state index contributed by atoms with van der Waals surface area (Å²) >= 11 is 2.40. The van der Waals surface area contributed by atoms with E-state index < -0.39 is 8.32 Å². The lowest BCUT2D eigenvalue weighted by Gasteiger charge is -2.38. The molecule has 0 heterocycles. The second-order valence-electron chi connectivity index (χ2n) is 5.73. The highest BCUT2D eigenvalue weighted by Gasteiger charge is 2.38. The fourth-order valence-corrected chi connectivity index (χ4v) is 2.84. The van der Waals surface area contributed by atoms with Crippen LogP contribution in [0.25, 0.3) is 0 Å². The Morgan fingerprint density at radius 2 is 1.88 bits per heavy atom. The molecular weight excluding hydrogens is 327 g/mol. The van der Waals surface area contributed by atoms with E-state index in [0.717, 1.165) is 12.8 Å². The highest BCUT2D eigenvalue weighted by molar-refractivity contribution is 14.1. The molecule has 0 saturated carbocycles. The molecule has 0 saturated heterocycles. The summed E-state index contributed by atoms with van der Waals surface area (Å²) in [5.41, 5.74) is 0. The van der Waals surface area contributed by atoms with E-state index in [2.05, 4.69) is 75.5 Å². The van der Waals surface area contributed by atoms with Crippen molar-refractivity contribution in [2.75, 3.05) is 4.43 Å². The molecule has 0 aliphatic carbocycles. The topological polar surface area (TPSA) is 9.23 Å². The Morgan fingerprint density at radius 1 is 1.31 bits per heavy atom. The SMILES string of the molecule is CC[C@@H](/C=C\CCI)O[Si](C)(C)C(C)(C)C. The number of allylic oxidation sites excluding steroid dienone is 1. The van der Waals surface area contributed by atoms with Crippen LogP contribution in [-0.4, -0.2) is 18.8 Å². The molecule has 0 bridgehead atoms. The summed E-state index contributed by atoms with van der Waals surface area (Å²) in [6.45, 7) is 13.7. The van der Waals surface area contributed by atoms with Gasteiger partial charge < -0.3 is 4.43 Å². The van der Waals surface area contributed by atoms with Crippen molar-refractivity contribution in [3.8, 4) is 0 Å². The summed E-state index contributed by atoms with van der Waals surface area (Å²) in [7, 11) is -1.60. The lowest BCUT2D eigenvalue weighted by molar-refractivity contribution is 0.220. The zero-order valence-corrected chi connectivity index (χ0v) is 14.8. The average molecular weight is 354 g/mol. The lowest BCUT2D eigenvalue weighted by Crippen LogP contribution is -2.43. The van der Waals surface area contributed by atoms with Crippen molar-refractivity contribution in [1.29, 1.82) is 0 Å². The van der Waals surface area contributed by atoms with Crippen LogP contribution in [0, 0.1) is 0 Å². The van der Waals surface area contributed by atoms with Gasteiger partial charge in [0.15, 0.2) is 8.32 Å². The highest BCUT2D eigenvalue weighted by atomic mass is 127. The fraction of sp³-hybridized carbons (Fsp3) is 0.846. The van der Waals surface area contributed by atoms with Crippen LogP contribution >= 0.6 is 22.6 Å². The van der Waals surface area contributed by atoms with Gasteiger partial charge in [0.05, 0.1) is 6.10 Å². The third-order valence-corrected chi connectivity index (χ3v) is 8.41. The zero-order chi connectivity index (χ0) is 12.8. The third kappa shape index (κ3) is 5.82. The Bertz CT molecular complexity index is 218. The van der Waals surface area contributed by atoms with Crippen molar-refractivity contribution in [1.82, 2.24) is 0 Å². The Labute approximate surface area is 116 Å². The van der Waals surface area contributed by atoms with Crippen molar-refractivity contribution in [3.63, 3.8) is 0 Å². The third-order valence-electron chi connectivity index (χ3n) is 3.28. The van der Waals surface area contributed by atoms with Crippen molar-refractivity contribution in [2.45, 2.75) is 64.8 Å². The summed E-state index contributed by atoms with van der Waals surface area (Å²) < 4.78 is 7.53. The van der Waals surface area contributed by atoms with E-state index in [1.807, 2.05) is 0 Å². The minimum atomic E-state index is -1.60. The largest absolute Gasteiger partial charge is 0.411 e. The molecular formula is C13H27IOSi. The van der Waals surface area contributed by atoms with Crippen LogP contribution in [0.4, 0.5) is 0 Å². The second kappa shape index (κ2) is 7.16. The van der Waals surface area contributed by atoms with E-state index in [1.54, 1.807) is 0 Å².